The van der Waals surface area contributed by atoms with Crippen molar-refractivity contribution in [2.45, 2.75) is 26.2 Å². The van der Waals surface area contributed by atoms with E-state index >= 15 is 0 Å². The highest BCUT2D eigenvalue weighted by molar-refractivity contribution is 5.93. The van der Waals surface area contributed by atoms with E-state index < -0.39 is 0 Å². The third-order valence-electron chi connectivity index (χ3n) is 3.24. The van der Waals surface area contributed by atoms with Crippen LogP contribution in [0.2, 0.25) is 0 Å². The lowest BCUT2D eigenvalue weighted by molar-refractivity contribution is -0.116. The minimum Gasteiger partial charge on any atom is -0.462 e. The number of ether oxygens (including phenoxy) is 1. The zero-order valence-electron chi connectivity index (χ0n) is 11.6. The van der Waals surface area contributed by atoms with Crippen molar-refractivity contribution in [3.63, 3.8) is 0 Å². The van der Waals surface area contributed by atoms with Gasteiger partial charge in [-0.1, -0.05) is 12.2 Å². The van der Waals surface area contributed by atoms with Gasteiger partial charge in [-0.15, -0.1) is 0 Å². The van der Waals surface area contributed by atoms with Crippen molar-refractivity contribution >= 4 is 17.6 Å². The molecule has 1 amide bonds. The lowest BCUT2D eigenvalue weighted by Gasteiger charge is -2.09. The highest BCUT2D eigenvalue weighted by atomic mass is 16.5. The molecule has 1 N–H and O–H groups in total. The summed E-state index contributed by atoms with van der Waals surface area (Å²) in [6, 6.07) is 6.75. The van der Waals surface area contributed by atoms with Crippen LogP contribution in [0, 0.1) is 5.92 Å². The summed E-state index contributed by atoms with van der Waals surface area (Å²) in [7, 11) is 0. The first-order chi connectivity index (χ1) is 9.69. The van der Waals surface area contributed by atoms with Crippen molar-refractivity contribution in [3.05, 3.63) is 42.0 Å². The van der Waals surface area contributed by atoms with E-state index in [1.165, 1.54) is 0 Å². The van der Waals surface area contributed by atoms with Crippen molar-refractivity contribution < 1.29 is 14.3 Å². The smallest absolute Gasteiger partial charge is 0.338 e. The second-order valence-corrected chi connectivity index (χ2v) is 4.82. The SMILES string of the molecule is CCOC(=O)c1ccc(NC(=O)C[C@H]2C=CCC2)cc1. The third kappa shape index (κ3) is 3.95. The molecule has 0 heterocycles. The first kappa shape index (κ1) is 14.3. The first-order valence-corrected chi connectivity index (χ1v) is 6.92. The summed E-state index contributed by atoms with van der Waals surface area (Å²) in [5.74, 6) is 0.0145. The van der Waals surface area contributed by atoms with Crippen molar-refractivity contribution in [3.8, 4) is 0 Å². The second-order valence-electron chi connectivity index (χ2n) is 4.82. The fraction of sp³-hybridized carbons (Fsp3) is 0.375. The Balaban J connectivity index is 1.88. The molecule has 1 aromatic rings. The lowest BCUT2D eigenvalue weighted by atomic mass is 10.0. The van der Waals surface area contributed by atoms with Gasteiger partial charge in [-0.3, -0.25) is 4.79 Å². The molecule has 1 atom stereocenters. The van der Waals surface area contributed by atoms with Crippen molar-refractivity contribution in [2.24, 2.45) is 5.92 Å². The molecular weight excluding hydrogens is 254 g/mol. The van der Waals surface area contributed by atoms with Gasteiger partial charge >= 0.3 is 5.97 Å². The lowest BCUT2D eigenvalue weighted by Crippen LogP contribution is -2.15. The summed E-state index contributed by atoms with van der Waals surface area (Å²) in [5.41, 5.74) is 1.19. The van der Waals surface area contributed by atoms with Crippen LogP contribution in [0.3, 0.4) is 0 Å². The average molecular weight is 273 g/mol. The molecule has 1 aliphatic carbocycles. The zero-order valence-corrected chi connectivity index (χ0v) is 11.6. The minimum atomic E-state index is -0.346. The molecule has 4 heteroatoms. The van der Waals surface area contributed by atoms with E-state index in [2.05, 4.69) is 17.5 Å². The van der Waals surface area contributed by atoms with Gasteiger partial charge in [0.25, 0.3) is 0 Å². The molecule has 1 aliphatic rings. The maximum Gasteiger partial charge on any atom is 0.338 e. The zero-order chi connectivity index (χ0) is 14.4. The molecule has 1 aromatic carbocycles. The van der Waals surface area contributed by atoms with Gasteiger partial charge < -0.3 is 10.1 Å². The third-order valence-corrected chi connectivity index (χ3v) is 3.24. The van der Waals surface area contributed by atoms with Crippen molar-refractivity contribution in [1.29, 1.82) is 0 Å². The van der Waals surface area contributed by atoms with E-state index in [1.807, 2.05) is 0 Å². The molecule has 20 heavy (non-hydrogen) atoms. The average Bonchev–Trinajstić information content (AvgIpc) is 2.92. The number of nitrogens with one attached hydrogen (secondary N) is 1. The highest BCUT2D eigenvalue weighted by Gasteiger charge is 2.14. The largest absolute Gasteiger partial charge is 0.462 e. The Kier molecular flexibility index (Phi) is 4.93. The Morgan fingerprint density at radius 1 is 1.30 bits per heavy atom. The number of amides is 1. The molecule has 0 saturated carbocycles. The van der Waals surface area contributed by atoms with Crippen LogP contribution >= 0.6 is 0 Å². The van der Waals surface area contributed by atoms with Crippen molar-refractivity contribution in [1.82, 2.24) is 0 Å². The molecule has 0 aromatic heterocycles. The molecule has 106 valence electrons. The maximum absolute atomic E-state index is 11.9. The highest BCUT2D eigenvalue weighted by Crippen LogP contribution is 2.21. The van der Waals surface area contributed by atoms with Crippen LogP contribution in [0.25, 0.3) is 0 Å². The summed E-state index contributed by atoms with van der Waals surface area (Å²) in [4.78, 5) is 23.3. The van der Waals surface area contributed by atoms with E-state index in [4.69, 9.17) is 4.74 Å². The van der Waals surface area contributed by atoms with Crippen LogP contribution in [0.15, 0.2) is 36.4 Å². The summed E-state index contributed by atoms with van der Waals surface area (Å²) in [6.07, 6.45) is 6.84. The topological polar surface area (TPSA) is 55.4 Å². The van der Waals surface area contributed by atoms with E-state index in [1.54, 1.807) is 31.2 Å². The number of allylic oxidation sites excluding steroid dienone is 2. The number of hydrogen-bond acceptors (Lipinski definition) is 3. The number of benzene rings is 1. The molecule has 0 spiro atoms. The summed E-state index contributed by atoms with van der Waals surface area (Å²) < 4.78 is 4.90. The fourth-order valence-corrected chi connectivity index (χ4v) is 2.22. The van der Waals surface area contributed by atoms with E-state index in [0.29, 0.717) is 30.2 Å². The Labute approximate surface area is 118 Å². The Morgan fingerprint density at radius 3 is 2.65 bits per heavy atom. The predicted molar refractivity (Wildman–Crippen MR) is 77.5 cm³/mol. The number of rotatable bonds is 5. The van der Waals surface area contributed by atoms with Crippen LogP contribution in [0.5, 0.6) is 0 Å². The number of carbonyl (C=O) groups excluding carboxylic acids is 2. The second kappa shape index (κ2) is 6.89. The van der Waals surface area contributed by atoms with E-state index in [0.717, 1.165) is 12.8 Å². The van der Waals surface area contributed by atoms with Gasteiger partial charge in [0.05, 0.1) is 12.2 Å². The number of esters is 1. The van der Waals surface area contributed by atoms with Gasteiger partial charge in [0, 0.05) is 12.1 Å². The van der Waals surface area contributed by atoms with E-state index in [-0.39, 0.29) is 11.9 Å². The van der Waals surface area contributed by atoms with Crippen LogP contribution in [-0.4, -0.2) is 18.5 Å². The van der Waals surface area contributed by atoms with Gasteiger partial charge in [-0.25, -0.2) is 4.79 Å². The minimum absolute atomic E-state index is 0.00503. The quantitative estimate of drug-likeness (QED) is 0.662. The van der Waals surface area contributed by atoms with Crippen LogP contribution in [0.1, 0.15) is 36.5 Å². The Hall–Kier alpha value is -2.10. The standard InChI is InChI=1S/C16H19NO3/c1-2-20-16(19)13-7-9-14(10-8-13)17-15(18)11-12-5-3-4-6-12/h3,5,7-10,12H,2,4,6,11H2,1H3,(H,17,18)/t12-/m0/s1. The van der Waals surface area contributed by atoms with Crippen molar-refractivity contribution in [2.75, 3.05) is 11.9 Å². The first-order valence-electron chi connectivity index (χ1n) is 6.92. The maximum atomic E-state index is 11.9. The molecule has 0 aliphatic heterocycles. The van der Waals surface area contributed by atoms with Gasteiger partial charge in [0.15, 0.2) is 0 Å². The summed E-state index contributed by atoms with van der Waals surface area (Å²) >= 11 is 0. The fourth-order valence-electron chi connectivity index (χ4n) is 2.22. The Bertz CT molecular complexity index is 505. The summed E-state index contributed by atoms with van der Waals surface area (Å²) in [5, 5.41) is 2.84. The molecule has 0 unspecified atom stereocenters. The molecule has 0 radical (unpaired) electrons. The molecule has 2 rings (SSSR count). The number of anilines is 1. The van der Waals surface area contributed by atoms with Gasteiger partial charge in [-0.2, -0.15) is 0 Å². The van der Waals surface area contributed by atoms with Crippen LogP contribution in [0.4, 0.5) is 5.69 Å². The van der Waals surface area contributed by atoms with E-state index in [9.17, 15) is 9.59 Å². The predicted octanol–water partition coefficient (Wildman–Crippen LogP) is 3.16. The normalized spacial score (nSPS) is 16.9. The van der Waals surface area contributed by atoms with Gasteiger partial charge in [0.1, 0.15) is 0 Å². The molecule has 0 bridgehead atoms. The molecule has 0 fully saturated rings. The van der Waals surface area contributed by atoms with Gasteiger partial charge in [0.2, 0.25) is 5.91 Å². The van der Waals surface area contributed by atoms with Gasteiger partial charge in [-0.05, 0) is 49.9 Å². The van der Waals surface area contributed by atoms with Crippen LogP contribution < -0.4 is 5.32 Å². The Morgan fingerprint density at radius 2 is 2.05 bits per heavy atom. The monoisotopic (exact) mass is 273 g/mol. The molecule has 0 saturated heterocycles. The van der Waals surface area contributed by atoms with Crippen LogP contribution in [-0.2, 0) is 9.53 Å². The number of carbonyl (C=O) groups is 2. The number of hydrogen-bond donors (Lipinski definition) is 1. The molecular formula is C16H19NO3. The molecule has 4 nitrogen and oxygen atoms in total. The summed E-state index contributed by atoms with van der Waals surface area (Å²) in [6.45, 7) is 2.12.